The van der Waals surface area contributed by atoms with Crippen molar-refractivity contribution in [1.82, 2.24) is 4.90 Å². The van der Waals surface area contributed by atoms with Crippen molar-refractivity contribution in [1.29, 1.82) is 0 Å². The van der Waals surface area contributed by atoms with Crippen LogP contribution in [0.3, 0.4) is 0 Å². The van der Waals surface area contributed by atoms with Gasteiger partial charge in [0.1, 0.15) is 5.25 Å². The van der Waals surface area contributed by atoms with E-state index < -0.39 is 15.1 Å². The van der Waals surface area contributed by atoms with Gasteiger partial charge in [0, 0.05) is 25.4 Å². The van der Waals surface area contributed by atoms with Gasteiger partial charge in [0.2, 0.25) is 5.91 Å². The van der Waals surface area contributed by atoms with Gasteiger partial charge in [-0.1, -0.05) is 30.3 Å². The first-order valence-electron chi connectivity index (χ1n) is 6.65. The van der Waals surface area contributed by atoms with Crippen molar-refractivity contribution in [2.45, 2.75) is 24.1 Å². The third-order valence-corrected chi connectivity index (χ3v) is 4.99. The maximum absolute atomic E-state index is 12.4. The van der Waals surface area contributed by atoms with Crippen molar-refractivity contribution >= 4 is 15.7 Å². The summed E-state index contributed by atoms with van der Waals surface area (Å²) in [7, 11) is -3.45. The lowest BCUT2D eigenvalue weighted by Gasteiger charge is -2.22. The van der Waals surface area contributed by atoms with Crippen LogP contribution in [0.1, 0.15) is 12.0 Å². The number of benzene rings is 1. The van der Waals surface area contributed by atoms with Gasteiger partial charge < -0.3 is 10.6 Å². The van der Waals surface area contributed by atoms with Crippen molar-refractivity contribution in [3.63, 3.8) is 0 Å². The molecule has 1 aliphatic rings. The van der Waals surface area contributed by atoms with Crippen molar-refractivity contribution in [2.24, 2.45) is 5.73 Å². The fraction of sp³-hybridized carbons (Fsp3) is 0.500. The highest BCUT2D eigenvalue weighted by Gasteiger charge is 2.35. The Hall–Kier alpha value is -1.40. The number of hydrogen-bond acceptors (Lipinski definition) is 4. The predicted octanol–water partition coefficient (Wildman–Crippen LogP) is 0.202. The van der Waals surface area contributed by atoms with Crippen LogP contribution in [0.4, 0.5) is 0 Å². The van der Waals surface area contributed by atoms with E-state index in [9.17, 15) is 13.2 Å². The van der Waals surface area contributed by atoms with Gasteiger partial charge in [-0.15, -0.1) is 0 Å². The summed E-state index contributed by atoms with van der Waals surface area (Å²) < 4.78 is 23.9. The normalized spacial score (nSPS) is 20.9. The van der Waals surface area contributed by atoms with Gasteiger partial charge in [-0.2, -0.15) is 0 Å². The molecule has 1 saturated heterocycles. The van der Waals surface area contributed by atoms with Crippen LogP contribution in [-0.2, 0) is 21.1 Å². The number of carbonyl (C=O) groups excluding carboxylic acids is 1. The van der Waals surface area contributed by atoms with Crippen LogP contribution in [0.2, 0.25) is 0 Å². The van der Waals surface area contributed by atoms with Gasteiger partial charge in [-0.05, 0) is 18.4 Å². The molecule has 6 heteroatoms. The molecule has 110 valence electrons. The highest BCUT2D eigenvalue weighted by Crippen LogP contribution is 2.16. The van der Waals surface area contributed by atoms with Crippen LogP contribution < -0.4 is 5.73 Å². The van der Waals surface area contributed by atoms with Crippen LogP contribution in [0, 0.1) is 0 Å². The minimum absolute atomic E-state index is 0.0455. The summed E-state index contributed by atoms with van der Waals surface area (Å²) in [6.07, 6.45) is 2.06. The first-order valence-corrected chi connectivity index (χ1v) is 8.60. The van der Waals surface area contributed by atoms with E-state index in [4.69, 9.17) is 5.73 Å². The first kappa shape index (κ1) is 15.0. The number of amides is 1. The third-order valence-electron chi connectivity index (χ3n) is 3.59. The molecule has 1 aliphatic heterocycles. The Morgan fingerprint density at radius 2 is 2.05 bits per heavy atom. The molecular formula is C14H20N2O3S. The minimum atomic E-state index is -3.45. The maximum atomic E-state index is 12.4. The predicted molar refractivity (Wildman–Crippen MR) is 78.0 cm³/mol. The number of carbonyl (C=O) groups is 1. The Morgan fingerprint density at radius 3 is 2.55 bits per heavy atom. The molecule has 0 unspecified atom stereocenters. The van der Waals surface area contributed by atoms with E-state index in [2.05, 4.69) is 0 Å². The summed E-state index contributed by atoms with van der Waals surface area (Å²) in [4.78, 5) is 14.0. The van der Waals surface area contributed by atoms with Gasteiger partial charge in [-0.25, -0.2) is 8.42 Å². The number of hydrogen-bond donors (Lipinski definition) is 1. The molecule has 0 bridgehead atoms. The molecule has 1 heterocycles. The van der Waals surface area contributed by atoms with Crippen LogP contribution >= 0.6 is 0 Å². The van der Waals surface area contributed by atoms with E-state index in [0.717, 1.165) is 18.2 Å². The summed E-state index contributed by atoms with van der Waals surface area (Å²) in [5, 5.41) is -1.02. The lowest BCUT2D eigenvalue weighted by atomic mass is 10.1. The molecule has 1 fully saturated rings. The van der Waals surface area contributed by atoms with E-state index in [1.54, 1.807) is 4.90 Å². The molecule has 0 saturated carbocycles. The molecule has 1 amide bonds. The molecule has 1 aromatic rings. The second kappa shape index (κ2) is 5.93. The Bertz CT molecular complexity index is 571. The second-order valence-corrected chi connectivity index (χ2v) is 7.57. The molecule has 0 aromatic heterocycles. The molecule has 1 aromatic carbocycles. The van der Waals surface area contributed by atoms with E-state index in [0.29, 0.717) is 13.1 Å². The number of rotatable bonds is 4. The summed E-state index contributed by atoms with van der Waals surface area (Å²) in [5.41, 5.74) is 6.63. The van der Waals surface area contributed by atoms with Crippen LogP contribution in [0.25, 0.3) is 0 Å². The van der Waals surface area contributed by atoms with Gasteiger partial charge in [0.25, 0.3) is 0 Å². The lowest BCUT2D eigenvalue weighted by Crippen LogP contribution is -2.43. The van der Waals surface area contributed by atoms with Gasteiger partial charge in [0.15, 0.2) is 9.84 Å². The number of likely N-dealkylation sites (tertiary alicyclic amines) is 1. The Kier molecular flexibility index (Phi) is 4.45. The number of sulfone groups is 1. The van der Waals surface area contributed by atoms with Crippen molar-refractivity contribution in [3.8, 4) is 0 Å². The van der Waals surface area contributed by atoms with Gasteiger partial charge in [-0.3, -0.25) is 4.79 Å². The highest BCUT2D eigenvalue weighted by molar-refractivity contribution is 7.92. The van der Waals surface area contributed by atoms with Crippen molar-refractivity contribution in [3.05, 3.63) is 35.9 Å². The molecule has 0 radical (unpaired) electrons. The van der Waals surface area contributed by atoms with Gasteiger partial charge >= 0.3 is 0 Å². The summed E-state index contributed by atoms with van der Waals surface area (Å²) in [6.45, 7) is 0.987. The maximum Gasteiger partial charge on any atom is 0.241 e. The Morgan fingerprint density at radius 1 is 1.40 bits per heavy atom. The second-order valence-electron chi connectivity index (χ2n) is 5.34. The molecule has 2 atom stereocenters. The molecule has 2 rings (SSSR count). The quantitative estimate of drug-likeness (QED) is 0.861. The fourth-order valence-electron chi connectivity index (χ4n) is 2.44. The zero-order chi connectivity index (χ0) is 14.8. The Labute approximate surface area is 119 Å². The molecule has 0 spiro atoms. The van der Waals surface area contributed by atoms with Gasteiger partial charge in [0.05, 0.1) is 0 Å². The summed E-state index contributed by atoms with van der Waals surface area (Å²) >= 11 is 0. The van der Waals surface area contributed by atoms with E-state index in [1.807, 2.05) is 30.3 Å². The molecule has 20 heavy (non-hydrogen) atoms. The van der Waals surface area contributed by atoms with E-state index in [-0.39, 0.29) is 18.4 Å². The lowest BCUT2D eigenvalue weighted by molar-refractivity contribution is -0.129. The molecule has 5 nitrogen and oxygen atoms in total. The SMILES string of the molecule is CS(=O)(=O)[C@@H](Cc1ccccc1)C(=O)N1CC[C@H](N)C1. The summed E-state index contributed by atoms with van der Waals surface area (Å²) in [6, 6.07) is 9.16. The smallest absolute Gasteiger partial charge is 0.241 e. The topological polar surface area (TPSA) is 80.5 Å². The van der Waals surface area contributed by atoms with Crippen LogP contribution in [0.5, 0.6) is 0 Å². The van der Waals surface area contributed by atoms with E-state index in [1.165, 1.54) is 0 Å². The zero-order valence-electron chi connectivity index (χ0n) is 11.5. The largest absolute Gasteiger partial charge is 0.340 e. The average Bonchev–Trinajstić information content (AvgIpc) is 2.82. The first-order chi connectivity index (χ1) is 9.38. The molecule has 2 N–H and O–H groups in total. The Balaban J connectivity index is 2.18. The van der Waals surface area contributed by atoms with Crippen LogP contribution in [0.15, 0.2) is 30.3 Å². The zero-order valence-corrected chi connectivity index (χ0v) is 12.3. The molecule has 0 aliphatic carbocycles. The molecular weight excluding hydrogens is 276 g/mol. The van der Waals surface area contributed by atoms with Crippen molar-refractivity contribution in [2.75, 3.05) is 19.3 Å². The highest BCUT2D eigenvalue weighted by atomic mass is 32.2. The minimum Gasteiger partial charge on any atom is -0.340 e. The average molecular weight is 296 g/mol. The number of nitrogens with zero attached hydrogens (tertiary/aromatic N) is 1. The fourth-order valence-corrected chi connectivity index (χ4v) is 3.45. The third kappa shape index (κ3) is 3.58. The standard InChI is InChI=1S/C14H20N2O3S/c1-20(18,19)13(9-11-5-3-2-4-6-11)14(17)16-8-7-12(15)10-16/h2-6,12-13H,7-10,15H2,1H3/t12-,13-/m0/s1. The number of nitrogens with two attached hydrogens (primary N) is 1. The monoisotopic (exact) mass is 296 g/mol. The van der Waals surface area contributed by atoms with Crippen molar-refractivity contribution < 1.29 is 13.2 Å². The summed E-state index contributed by atoms with van der Waals surface area (Å²) in [5.74, 6) is -0.329. The van der Waals surface area contributed by atoms with E-state index >= 15 is 0 Å². The van der Waals surface area contributed by atoms with Crippen LogP contribution in [-0.4, -0.2) is 49.9 Å².